The van der Waals surface area contributed by atoms with Gasteiger partial charge < -0.3 is 15.4 Å². The molecule has 2 amide bonds. The zero-order valence-corrected chi connectivity index (χ0v) is 21.0. The van der Waals surface area contributed by atoms with E-state index in [9.17, 15) is 9.59 Å². The third-order valence-electron chi connectivity index (χ3n) is 5.12. The number of benzene rings is 3. The number of hydrogen-bond acceptors (Lipinski definition) is 3. The number of anilines is 2. The van der Waals surface area contributed by atoms with Gasteiger partial charge in [-0.05, 0) is 65.9 Å². The van der Waals surface area contributed by atoms with Crippen LogP contribution in [-0.4, -0.2) is 18.4 Å². The molecule has 3 aromatic carbocycles. The highest BCUT2D eigenvalue weighted by Gasteiger charge is 2.14. The second-order valence-corrected chi connectivity index (χ2v) is 9.78. The number of carbonyl (C=O) groups is 2. The van der Waals surface area contributed by atoms with Crippen molar-refractivity contribution in [1.82, 2.24) is 0 Å². The molecule has 7 heteroatoms. The fourth-order valence-corrected chi connectivity index (χ4v) is 3.69. The van der Waals surface area contributed by atoms with Crippen molar-refractivity contribution in [3.8, 4) is 5.75 Å². The monoisotopic (exact) mass is 498 g/mol. The minimum absolute atomic E-state index is 0.0244. The van der Waals surface area contributed by atoms with E-state index in [-0.39, 0.29) is 23.7 Å². The van der Waals surface area contributed by atoms with Crippen molar-refractivity contribution in [3.05, 3.63) is 87.9 Å². The van der Waals surface area contributed by atoms with Gasteiger partial charge in [-0.1, -0.05) is 62.2 Å². The summed E-state index contributed by atoms with van der Waals surface area (Å²) in [7, 11) is 0. The average molecular weight is 499 g/mol. The van der Waals surface area contributed by atoms with Crippen molar-refractivity contribution >= 4 is 46.4 Å². The number of nitrogens with one attached hydrogen (secondary N) is 2. The van der Waals surface area contributed by atoms with Gasteiger partial charge in [0.15, 0.2) is 0 Å². The summed E-state index contributed by atoms with van der Waals surface area (Å²) in [6.45, 7) is 6.73. The van der Waals surface area contributed by atoms with E-state index in [1.807, 2.05) is 24.3 Å². The molecule has 3 rings (SSSR count). The summed E-state index contributed by atoms with van der Waals surface area (Å²) in [5.74, 6) is 0.178. The van der Waals surface area contributed by atoms with E-state index in [0.29, 0.717) is 45.8 Å². The molecule has 0 aliphatic heterocycles. The smallest absolute Gasteiger partial charge is 0.255 e. The Morgan fingerprint density at radius 2 is 1.56 bits per heavy atom. The molecule has 0 bridgehead atoms. The molecule has 0 saturated carbocycles. The number of rotatable bonds is 8. The summed E-state index contributed by atoms with van der Waals surface area (Å²) in [6.07, 6.45) is 0.799. The number of halogens is 2. The standard InChI is InChI=1S/C27H28Cl2N2O3/c1-27(2,3)19-11-9-18(10-12-19)26(33)31-22-7-4-6-21(17-22)30-25(32)8-5-15-34-24-14-13-20(28)16-23(24)29/h4,6-7,9-14,16-17H,5,8,15H2,1-3H3,(H,30,32)(H,31,33). The van der Waals surface area contributed by atoms with Gasteiger partial charge >= 0.3 is 0 Å². The van der Waals surface area contributed by atoms with Crippen LogP contribution in [0.15, 0.2) is 66.7 Å². The zero-order valence-electron chi connectivity index (χ0n) is 19.5. The molecule has 0 aliphatic carbocycles. The van der Waals surface area contributed by atoms with E-state index in [1.54, 1.807) is 42.5 Å². The maximum Gasteiger partial charge on any atom is 0.255 e. The predicted octanol–water partition coefficient (Wildman–Crippen LogP) is 7.34. The molecule has 0 unspecified atom stereocenters. The Hall–Kier alpha value is -3.02. The van der Waals surface area contributed by atoms with Crippen LogP contribution >= 0.6 is 23.2 Å². The number of hydrogen-bond donors (Lipinski definition) is 2. The first-order valence-electron chi connectivity index (χ1n) is 11.0. The molecule has 0 fully saturated rings. The van der Waals surface area contributed by atoms with Crippen molar-refractivity contribution in [2.45, 2.75) is 39.0 Å². The highest BCUT2D eigenvalue weighted by atomic mass is 35.5. The van der Waals surface area contributed by atoms with E-state index >= 15 is 0 Å². The van der Waals surface area contributed by atoms with Crippen molar-refractivity contribution < 1.29 is 14.3 Å². The predicted molar refractivity (Wildman–Crippen MR) is 139 cm³/mol. The second-order valence-electron chi connectivity index (χ2n) is 8.94. The maximum absolute atomic E-state index is 12.6. The van der Waals surface area contributed by atoms with Crippen molar-refractivity contribution in [2.24, 2.45) is 0 Å². The lowest BCUT2D eigenvalue weighted by atomic mass is 9.87. The summed E-state index contributed by atoms with van der Waals surface area (Å²) in [5.41, 5.74) is 2.96. The molecule has 2 N–H and O–H groups in total. The van der Waals surface area contributed by atoms with E-state index in [4.69, 9.17) is 27.9 Å². The normalized spacial score (nSPS) is 11.1. The third kappa shape index (κ3) is 7.51. The van der Waals surface area contributed by atoms with Crippen LogP contribution in [0.3, 0.4) is 0 Å². The Balaban J connectivity index is 1.48. The molecule has 0 atom stereocenters. The van der Waals surface area contributed by atoms with Crippen LogP contribution in [0.25, 0.3) is 0 Å². The summed E-state index contributed by atoms with van der Waals surface area (Å²) < 4.78 is 5.61. The van der Waals surface area contributed by atoms with Crippen molar-refractivity contribution in [1.29, 1.82) is 0 Å². The van der Waals surface area contributed by atoms with E-state index in [1.165, 1.54) is 0 Å². The number of ether oxygens (including phenoxy) is 1. The van der Waals surface area contributed by atoms with Gasteiger partial charge in [-0.3, -0.25) is 9.59 Å². The Bertz CT molecular complexity index is 1160. The van der Waals surface area contributed by atoms with E-state index in [0.717, 1.165) is 5.56 Å². The first-order valence-corrected chi connectivity index (χ1v) is 11.8. The maximum atomic E-state index is 12.6. The van der Waals surface area contributed by atoms with E-state index < -0.39 is 0 Å². The molecule has 0 radical (unpaired) electrons. The Kier molecular flexibility index (Phi) is 8.59. The van der Waals surface area contributed by atoms with Crippen molar-refractivity contribution in [3.63, 3.8) is 0 Å². The summed E-state index contributed by atoms with van der Waals surface area (Å²) in [6, 6.07) is 19.6. The fraction of sp³-hybridized carbons (Fsp3) is 0.259. The van der Waals surface area contributed by atoms with Gasteiger partial charge in [0, 0.05) is 28.4 Å². The topological polar surface area (TPSA) is 67.4 Å². The molecular weight excluding hydrogens is 471 g/mol. The molecule has 5 nitrogen and oxygen atoms in total. The third-order valence-corrected chi connectivity index (χ3v) is 5.65. The minimum Gasteiger partial charge on any atom is -0.492 e. The first-order chi connectivity index (χ1) is 16.1. The van der Waals surface area contributed by atoms with Crippen LogP contribution in [0.4, 0.5) is 11.4 Å². The van der Waals surface area contributed by atoms with Crippen LogP contribution < -0.4 is 15.4 Å². The highest BCUT2D eigenvalue weighted by molar-refractivity contribution is 6.35. The van der Waals surface area contributed by atoms with Crippen LogP contribution in [0.2, 0.25) is 10.0 Å². The van der Waals surface area contributed by atoms with Crippen LogP contribution in [-0.2, 0) is 10.2 Å². The van der Waals surface area contributed by atoms with Gasteiger partial charge in [0.05, 0.1) is 11.6 Å². The molecule has 0 aliphatic rings. The van der Waals surface area contributed by atoms with Crippen molar-refractivity contribution in [2.75, 3.05) is 17.2 Å². The first kappa shape index (κ1) is 25.6. The van der Waals surface area contributed by atoms with Crippen LogP contribution in [0.1, 0.15) is 49.5 Å². The zero-order chi connectivity index (χ0) is 24.7. The molecule has 0 saturated heterocycles. The largest absolute Gasteiger partial charge is 0.492 e. The molecule has 0 spiro atoms. The lowest BCUT2D eigenvalue weighted by Gasteiger charge is -2.19. The SMILES string of the molecule is CC(C)(C)c1ccc(C(=O)Nc2cccc(NC(=O)CCCOc3ccc(Cl)cc3Cl)c2)cc1. The van der Waals surface area contributed by atoms with Gasteiger partial charge in [-0.15, -0.1) is 0 Å². The Morgan fingerprint density at radius 3 is 2.21 bits per heavy atom. The fourth-order valence-electron chi connectivity index (χ4n) is 3.23. The minimum atomic E-state index is -0.207. The molecule has 0 aromatic heterocycles. The summed E-state index contributed by atoms with van der Waals surface area (Å²) in [4.78, 5) is 24.9. The lowest BCUT2D eigenvalue weighted by molar-refractivity contribution is -0.116. The van der Waals surface area contributed by atoms with Crippen LogP contribution in [0.5, 0.6) is 5.75 Å². The lowest BCUT2D eigenvalue weighted by Crippen LogP contribution is -2.15. The molecule has 178 valence electrons. The number of amides is 2. The van der Waals surface area contributed by atoms with Gasteiger partial charge in [0.2, 0.25) is 5.91 Å². The van der Waals surface area contributed by atoms with Crippen LogP contribution in [0, 0.1) is 0 Å². The van der Waals surface area contributed by atoms with Gasteiger partial charge in [-0.25, -0.2) is 0 Å². The Morgan fingerprint density at radius 1 is 0.882 bits per heavy atom. The summed E-state index contributed by atoms with van der Waals surface area (Å²) >= 11 is 11.9. The molecular formula is C27H28Cl2N2O3. The molecule has 34 heavy (non-hydrogen) atoms. The quantitative estimate of drug-likeness (QED) is 0.319. The Labute approximate surface area is 210 Å². The average Bonchev–Trinajstić information content (AvgIpc) is 2.77. The van der Waals surface area contributed by atoms with Gasteiger partial charge in [0.1, 0.15) is 5.75 Å². The highest BCUT2D eigenvalue weighted by Crippen LogP contribution is 2.27. The molecule has 3 aromatic rings. The van der Waals surface area contributed by atoms with E-state index in [2.05, 4.69) is 31.4 Å². The van der Waals surface area contributed by atoms with Gasteiger partial charge in [-0.2, -0.15) is 0 Å². The molecule has 0 heterocycles. The number of carbonyl (C=O) groups excluding carboxylic acids is 2. The summed E-state index contributed by atoms with van der Waals surface area (Å²) in [5, 5.41) is 6.69. The van der Waals surface area contributed by atoms with Gasteiger partial charge in [0.25, 0.3) is 5.91 Å². The second kappa shape index (κ2) is 11.4.